The van der Waals surface area contributed by atoms with Crippen LogP contribution in [0, 0.1) is 0 Å². The van der Waals surface area contributed by atoms with Crippen molar-refractivity contribution in [2.75, 3.05) is 12.4 Å². The Balaban J connectivity index is 2.14. The van der Waals surface area contributed by atoms with Gasteiger partial charge in [-0.1, -0.05) is 23.8 Å². The normalized spacial score (nSPS) is 10.0. The number of nitrogens with one attached hydrogen (secondary N) is 1. The summed E-state index contributed by atoms with van der Waals surface area (Å²) in [4.78, 5) is 16.3. The summed E-state index contributed by atoms with van der Waals surface area (Å²) >= 11 is 10.8. The molecule has 1 heterocycles. The fourth-order valence-corrected chi connectivity index (χ4v) is 1.99. The lowest BCUT2D eigenvalue weighted by atomic mass is 10.2. The third-order valence-corrected chi connectivity index (χ3v) is 3.22. The first-order chi connectivity index (χ1) is 10.0. The lowest BCUT2D eigenvalue weighted by Crippen LogP contribution is -2.15. The second-order valence-corrected chi connectivity index (χ2v) is 4.95. The van der Waals surface area contributed by atoms with Crippen molar-refractivity contribution in [3.63, 3.8) is 0 Å². The van der Waals surface area contributed by atoms with Crippen molar-refractivity contribution in [2.45, 2.75) is 0 Å². The van der Waals surface area contributed by atoms with Crippen LogP contribution in [0.3, 0.4) is 0 Å². The van der Waals surface area contributed by atoms with Crippen LogP contribution in [0.5, 0.6) is 5.75 Å². The summed E-state index contributed by atoms with van der Waals surface area (Å²) in [5.74, 6) is 0.180. The second kappa shape index (κ2) is 6.51. The Labute approximate surface area is 132 Å². The van der Waals surface area contributed by atoms with Gasteiger partial charge in [0, 0.05) is 17.4 Å². The quantitative estimate of drug-likeness (QED) is 0.846. The molecule has 0 aliphatic carbocycles. The van der Waals surface area contributed by atoms with E-state index in [1.54, 1.807) is 30.3 Å². The molecule has 2 rings (SSSR count). The zero-order valence-corrected chi connectivity index (χ0v) is 12.7. The third-order valence-electron chi connectivity index (χ3n) is 2.69. The van der Waals surface area contributed by atoms with Crippen LogP contribution < -0.4 is 15.8 Å². The number of hydrogen-bond donors (Lipinski definition) is 2. The Morgan fingerprint density at radius 2 is 2.14 bits per heavy atom. The van der Waals surface area contributed by atoms with Crippen molar-refractivity contribution in [3.05, 3.63) is 52.8 Å². The molecule has 0 spiro atoms. The second-order valence-electron chi connectivity index (χ2n) is 4.10. The van der Waals surface area contributed by atoms with Gasteiger partial charge in [-0.25, -0.2) is 0 Å². The van der Waals surface area contributed by atoms with Crippen LogP contribution in [0.2, 0.25) is 5.02 Å². The van der Waals surface area contributed by atoms with Crippen molar-refractivity contribution >= 4 is 40.4 Å². The van der Waals surface area contributed by atoms with Crippen molar-refractivity contribution in [2.24, 2.45) is 5.73 Å². The van der Waals surface area contributed by atoms with Gasteiger partial charge in [-0.3, -0.25) is 9.78 Å². The minimum atomic E-state index is -0.356. The van der Waals surface area contributed by atoms with Crippen LogP contribution in [0.4, 0.5) is 5.69 Å². The zero-order valence-electron chi connectivity index (χ0n) is 11.1. The Morgan fingerprint density at radius 1 is 1.38 bits per heavy atom. The van der Waals surface area contributed by atoms with E-state index in [1.807, 2.05) is 0 Å². The summed E-state index contributed by atoms with van der Waals surface area (Å²) in [5.41, 5.74) is 6.88. The third kappa shape index (κ3) is 3.68. The molecule has 0 aliphatic heterocycles. The molecule has 0 atom stereocenters. The molecule has 3 N–H and O–H groups in total. The van der Waals surface area contributed by atoms with Gasteiger partial charge in [-0.15, -0.1) is 0 Å². The van der Waals surface area contributed by atoms with Crippen molar-refractivity contribution in [1.29, 1.82) is 0 Å². The molecule has 0 aliphatic rings. The van der Waals surface area contributed by atoms with Crippen LogP contribution in [-0.2, 0) is 0 Å². The van der Waals surface area contributed by atoms with Gasteiger partial charge in [0.2, 0.25) is 0 Å². The summed E-state index contributed by atoms with van der Waals surface area (Å²) in [6.45, 7) is 0. The number of halogens is 1. The largest absolute Gasteiger partial charge is 0.495 e. The number of hydrogen-bond acceptors (Lipinski definition) is 4. The molecule has 7 heteroatoms. The highest BCUT2D eigenvalue weighted by Crippen LogP contribution is 2.27. The number of nitrogens with zero attached hydrogens (tertiary/aromatic N) is 1. The number of aromatic nitrogens is 1. The minimum Gasteiger partial charge on any atom is -0.495 e. The molecule has 108 valence electrons. The van der Waals surface area contributed by atoms with E-state index >= 15 is 0 Å². The number of carbonyl (C=O) groups excluding carboxylic acids is 1. The molecule has 0 unspecified atom stereocenters. The van der Waals surface area contributed by atoms with Gasteiger partial charge in [-0.2, -0.15) is 0 Å². The maximum Gasteiger partial charge on any atom is 0.274 e. The van der Waals surface area contributed by atoms with E-state index < -0.39 is 0 Å². The topological polar surface area (TPSA) is 77.2 Å². The number of anilines is 1. The van der Waals surface area contributed by atoms with Gasteiger partial charge in [-0.05, 0) is 30.3 Å². The first kappa shape index (κ1) is 15.2. The van der Waals surface area contributed by atoms with E-state index in [0.717, 1.165) is 0 Å². The lowest BCUT2D eigenvalue weighted by Gasteiger charge is -2.08. The van der Waals surface area contributed by atoms with E-state index in [1.165, 1.54) is 13.3 Å². The van der Waals surface area contributed by atoms with E-state index in [-0.39, 0.29) is 16.6 Å². The average molecular weight is 322 g/mol. The number of amides is 1. The fourth-order valence-electron chi connectivity index (χ4n) is 1.61. The van der Waals surface area contributed by atoms with Crippen molar-refractivity contribution < 1.29 is 9.53 Å². The highest BCUT2D eigenvalue weighted by Gasteiger charge is 2.09. The van der Waals surface area contributed by atoms with Gasteiger partial charge < -0.3 is 15.8 Å². The summed E-state index contributed by atoms with van der Waals surface area (Å²) < 4.78 is 5.04. The van der Waals surface area contributed by atoms with Crippen LogP contribution in [0.15, 0.2) is 36.5 Å². The number of ether oxygens (including phenoxy) is 1. The number of carbonyl (C=O) groups is 1. The first-order valence-corrected chi connectivity index (χ1v) is 6.70. The zero-order chi connectivity index (χ0) is 15.4. The van der Waals surface area contributed by atoms with Gasteiger partial charge in [0.25, 0.3) is 5.91 Å². The van der Waals surface area contributed by atoms with E-state index in [4.69, 9.17) is 34.3 Å². The molecule has 0 bridgehead atoms. The van der Waals surface area contributed by atoms with Crippen LogP contribution >= 0.6 is 23.8 Å². The number of methoxy groups -OCH3 is 1. The molecule has 1 aromatic carbocycles. The van der Waals surface area contributed by atoms with Gasteiger partial charge in [0.1, 0.15) is 16.4 Å². The molecule has 0 radical (unpaired) electrons. The SMILES string of the molecule is COc1ccc(NC(=O)c2ccc(C(N)=S)cn2)cc1Cl. The molecule has 1 amide bonds. The number of thiocarbonyl (C=S) groups is 1. The van der Waals surface area contributed by atoms with Gasteiger partial charge in [0.05, 0.1) is 12.1 Å². The van der Waals surface area contributed by atoms with Gasteiger partial charge in [0.15, 0.2) is 0 Å². The highest BCUT2D eigenvalue weighted by molar-refractivity contribution is 7.80. The average Bonchev–Trinajstić information content (AvgIpc) is 2.47. The Bertz CT molecular complexity index is 689. The maximum atomic E-state index is 12.0. The Hall–Kier alpha value is -2.18. The lowest BCUT2D eigenvalue weighted by molar-refractivity contribution is 0.102. The highest BCUT2D eigenvalue weighted by atomic mass is 35.5. The predicted octanol–water partition coefficient (Wildman–Crippen LogP) is 2.63. The number of pyridine rings is 1. The van der Waals surface area contributed by atoms with E-state index in [2.05, 4.69) is 10.3 Å². The van der Waals surface area contributed by atoms with Crippen LogP contribution in [0.1, 0.15) is 16.1 Å². The molecule has 5 nitrogen and oxygen atoms in total. The summed E-state index contributed by atoms with van der Waals surface area (Å²) in [7, 11) is 1.52. The number of rotatable bonds is 4. The molecule has 2 aromatic rings. The molecule has 0 fully saturated rings. The monoisotopic (exact) mass is 321 g/mol. The first-order valence-electron chi connectivity index (χ1n) is 5.92. The fraction of sp³-hybridized carbons (Fsp3) is 0.0714. The standard InChI is InChI=1S/C14H12ClN3O2S/c1-20-12-5-3-9(6-10(12)15)18-14(19)11-4-2-8(7-17-11)13(16)21/h2-7H,1H3,(H2,16,21)(H,18,19). The molecular weight excluding hydrogens is 310 g/mol. The Morgan fingerprint density at radius 3 is 2.67 bits per heavy atom. The summed E-state index contributed by atoms with van der Waals surface area (Å²) in [5, 5.41) is 3.10. The van der Waals surface area contributed by atoms with Crippen molar-refractivity contribution in [1.82, 2.24) is 4.98 Å². The minimum absolute atomic E-state index is 0.233. The van der Waals surface area contributed by atoms with Crippen LogP contribution in [0.25, 0.3) is 0 Å². The molecule has 1 aromatic heterocycles. The smallest absolute Gasteiger partial charge is 0.274 e. The van der Waals surface area contributed by atoms with E-state index in [9.17, 15) is 4.79 Å². The summed E-state index contributed by atoms with van der Waals surface area (Å²) in [6, 6.07) is 8.15. The van der Waals surface area contributed by atoms with Crippen molar-refractivity contribution in [3.8, 4) is 5.75 Å². The van der Waals surface area contributed by atoms with Crippen LogP contribution in [-0.4, -0.2) is 23.0 Å². The van der Waals surface area contributed by atoms with E-state index in [0.29, 0.717) is 22.0 Å². The molecular formula is C14H12ClN3O2S. The molecule has 21 heavy (non-hydrogen) atoms. The summed E-state index contributed by atoms with van der Waals surface area (Å²) in [6.07, 6.45) is 1.46. The van der Waals surface area contributed by atoms with Gasteiger partial charge >= 0.3 is 0 Å². The maximum absolute atomic E-state index is 12.0. The number of nitrogens with two attached hydrogens (primary N) is 1. The predicted molar refractivity (Wildman–Crippen MR) is 86.1 cm³/mol. The number of benzene rings is 1. The molecule has 0 saturated heterocycles. The Kier molecular flexibility index (Phi) is 4.72. The molecule has 0 saturated carbocycles.